The molecule has 0 bridgehead atoms. The van der Waals surface area contributed by atoms with Crippen molar-refractivity contribution in [2.75, 3.05) is 6.61 Å². The summed E-state index contributed by atoms with van der Waals surface area (Å²) < 4.78 is 15.4. The molecule has 0 aromatic heterocycles. The topological polar surface area (TPSA) is 52.6 Å². The van der Waals surface area contributed by atoms with E-state index >= 15 is 0 Å². The Kier molecular flexibility index (Phi) is 5.25. The van der Waals surface area contributed by atoms with E-state index in [2.05, 4.69) is 16.3 Å². The summed E-state index contributed by atoms with van der Waals surface area (Å²) in [6.07, 6.45) is 2.73. The third-order valence-electron chi connectivity index (χ3n) is 0.775. The Morgan fingerprint density at radius 2 is 1.92 bits per heavy atom. The van der Waals surface area contributed by atoms with Crippen molar-refractivity contribution in [1.29, 1.82) is 0 Å². The summed E-state index contributed by atoms with van der Waals surface area (Å²) in [5, 5.41) is 0. The highest BCUT2D eigenvalue weighted by molar-refractivity contribution is 5.91. The maximum absolute atomic E-state index is 11.0. The van der Waals surface area contributed by atoms with E-state index < -0.39 is 11.9 Å². The molecule has 0 fully saturated rings. The van der Waals surface area contributed by atoms with Gasteiger partial charge in [-0.15, -0.1) is 0 Å². The summed E-state index contributed by atoms with van der Waals surface area (Å²) >= 11 is 0. The molecule has 0 radical (unpaired) electrons. The Morgan fingerprint density at radius 1 is 1.33 bits per heavy atom. The minimum Gasteiger partial charge on any atom is -0.458 e. The van der Waals surface area contributed by atoms with Crippen molar-refractivity contribution in [2.24, 2.45) is 0 Å². The number of halogens is 1. The van der Waals surface area contributed by atoms with Gasteiger partial charge in [0.2, 0.25) is 0 Å². The van der Waals surface area contributed by atoms with Gasteiger partial charge in [-0.2, -0.15) is 0 Å². The maximum atomic E-state index is 11.0. The summed E-state index contributed by atoms with van der Waals surface area (Å²) in [6.45, 7) is 3.33. The van der Waals surface area contributed by atoms with Crippen LogP contribution in [-0.2, 0) is 19.3 Å². The molecule has 0 rings (SSSR count). The molecule has 0 N–H and O–H groups in total. The van der Waals surface area contributed by atoms with Crippen LogP contribution in [0.1, 0.15) is 0 Å². The molecule has 12 heavy (non-hydrogen) atoms. The quantitative estimate of drug-likeness (QED) is 0.357. The fourth-order valence-electron chi connectivity index (χ4n) is 0.351. The third kappa shape index (κ3) is 5.16. The largest absolute Gasteiger partial charge is 0.458 e. The molecule has 0 aliphatic carbocycles. The fraction of sp³-hybridized carbons (Fsp3) is 0.143. The van der Waals surface area contributed by atoms with Gasteiger partial charge in [0, 0.05) is 16.7 Å². The molecule has 0 spiro atoms. The molecule has 66 valence electrons. The van der Waals surface area contributed by atoms with Crippen molar-refractivity contribution in [3.8, 4) is 0 Å². The molecule has 0 aliphatic heterocycles. The second-order valence-corrected chi connectivity index (χ2v) is 1.65. The van der Waals surface area contributed by atoms with E-state index in [1.807, 2.05) is 0 Å². The van der Waals surface area contributed by atoms with Gasteiger partial charge >= 0.3 is 11.9 Å². The van der Waals surface area contributed by atoms with E-state index in [-0.39, 0.29) is 6.61 Å². The summed E-state index contributed by atoms with van der Waals surface area (Å²) in [6, 6.07) is 0. The van der Waals surface area contributed by atoms with Gasteiger partial charge in [0.15, 0.2) is 0 Å². The Morgan fingerprint density at radius 3 is 2.42 bits per heavy atom. The summed E-state index contributed by atoms with van der Waals surface area (Å²) in [4.78, 5) is 23.4. The Balaban J connectivity index is 3.75. The van der Waals surface area contributed by atoms with Crippen LogP contribution in [0.5, 0.6) is 0 Å². The zero-order valence-electron chi connectivity index (χ0n) is 6.16. The predicted octanol–water partition coefficient (Wildman–Crippen LogP) is 0.699. The first kappa shape index (κ1) is 10.3. The van der Waals surface area contributed by atoms with E-state index in [4.69, 9.17) is 0 Å². The van der Waals surface area contributed by atoms with Gasteiger partial charge in [0.1, 0.15) is 6.61 Å². The number of hydrogen-bond donors (Lipinski definition) is 0. The van der Waals surface area contributed by atoms with Crippen LogP contribution in [-0.4, -0.2) is 18.5 Å². The van der Waals surface area contributed by atoms with Crippen molar-refractivity contribution >= 4 is 11.9 Å². The zero-order valence-corrected chi connectivity index (χ0v) is 6.16. The SMILES string of the molecule is C=CCOC(=O)C=CC(=O)OF. The van der Waals surface area contributed by atoms with Crippen molar-refractivity contribution in [3.05, 3.63) is 24.8 Å². The van der Waals surface area contributed by atoms with Gasteiger partial charge in [0.25, 0.3) is 0 Å². The summed E-state index contributed by atoms with van der Waals surface area (Å²) in [7, 11) is 0. The van der Waals surface area contributed by atoms with Gasteiger partial charge in [-0.05, 0) is 0 Å². The van der Waals surface area contributed by atoms with Crippen molar-refractivity contribution < 1.29 is 23.8 Å². The number of esters is 1. The minimum absolute atomic E-state index is 0.0356. The predicted molar refractivity (Wildman–Crippen MR) is 37.5 cm³/mol. The second-order valence-electron chi connectivity index (χ2n) is 1.65. The monoisotopic (exact) mass is 174 g/mol. The molecule has 0 atom stereocenters. The Labute approximate surface area is 68.2 Å². The van der Waals surface area contributed by atoms with E-state index in [0.717, 1.165) is 6.08 Å². The van der Waals surface area contributed by atoms with Gasteiger partial charge in [-0.3, -0.25) is 4.94 Å². The fourth-order valence-corrected chi connectivity index (χ4v) is 0.351. The van der Waals surface area contributed by atoms with E-state index in [1.54, 1.807) is 0 Å². The molecule has 0 unspecified atom stereocenters. The molecule has 0 amide bonds. The number of rotatable bonds is 4. The lowest BCUT2D eigenvalue weighted by atomic mass is 10.5. The molecule has 0 saturated heterocycles. The smallest absolute Gasteiger partial charge is 0.372 e. The average Bonchev–Trinajstić information content (AvgIpc) is 2.10. The first-order chi connectivity index (χ1) is 5.70. The van der Waals surface area contributed by atoms with E-state index in [9.17, 15) is 14.1 Å². The number of hydrogen-bond acceptors (Lipinski definition) is 4. The first-order valence-electron chi connectivity index (χ1n) is 2.99. The van der Waals surface area contributed by atoms with Crippen molar-refractivity contribution in [1.82, 2.24) is 0 Å². The number of carbonyl (C=O) groups excluding carboxylic acids is 2. The molecular formula is C7H7FO4. The average molecular weight is 174 g/mol. The molecule has 4 nitrogen and oxygen atoms in total. The standard InChI is InChI=1S/C7H7FO4/c1-2-5-11-6(9)3-4-7(10)12-8/h2-4H,1,5H2. The normalized spacial score (nSPS) is 9.42. The molecule has 0 heterocycles. The Hall–Kier alpha value is -1.65. The van der Waals surface area contributed by atoms with Crippen LogP contribution >= 0.6 is 0 Å². The summed E-state index contributed by atoms with van der Waals surface area (Å²) in [5.74, 6) is -2.02. The van der Waals surface area contributed by atoms with Crippen LogP contribution in [0.15, 0.2) is 24.8 Å². The number of carbonyl (C=O) groups is 2. The van der Waals surface area contributed by atoms with E-state index in [1.165, 1.54) is 6.08 Å². The first-order valence-corrected chi connectivity index (χ1v) is 2.99. The van der Waals surface area contributed by atoms with Gasteiger partial charge in [-0.1, -0.05) is 12.7 Å². The second kappa shape index (κ2) is 6.09. The van der Waals surface area contributed by atoms with Crippen LogP contribution < -0.4 is 0 Å². The molecule has 0 aromatic rings. The molecule has 0 aliphatic rings. The van der Waals surface area contributed by atoms with E-state index in [0.29, 0.717) is 6.08 Å². The highest BCUT2D eigenvalue weighted by atomic mass is 19.3. The molecule has 0 aromatic carbocycles. The Bertz CT molecular complexity index is 209. The highest BCUT2D eigenvalue weighted by Crippen LogP contribution is 1.85. The molecule has 0 saturated carbocycles. The number of ether oxygens (including phenoxy) is 1. The lowest BCUT2D eigenvalue weighted by Crippen LogP contribution is -2.01. The van der Waals surface area contributed by atoms with Crippen LogP contribution in [0.3, 0.4) is 0 Å². The lowest BCUT2D eigenvalue weighted by Gasteiger charge is -1.93. The van der Waals surface area contributed by atoms with Crippen LogP contribution in [0.4, 0.5) is 4.53 Å². The van der Waals surface area contributed by atoms with Gasteiger partial charge < -0.3 is 4.74 Å². The van der Waals surface area contributed by atoms with Gasteiger partial charge in [0.05, 0.1) is 0 Å². The third-order valence-corrected chi connectivity index (χ3v) is 0.775. The minimum atomic E-state index is -1.26. The zero-order chi connectivity index (χ0) is 9.40. The molecular weight excluding hydrogens is 167 g/mol. The van der Waals surface area contributed by atoms with Crippen LogP contribution in [0.25, 0.3) is 0 Å². The summed E-state index contributed by atoms with van der Waals surface area (Å²) in [5.41, 5.74) is 0. The maximum Gasteiger partial charge on any atom is 0.372 e. The van der Waals surface area contributed by atoms with Crippen molar-refractivity contribution in [3.63, 3.8) is 0 Å². The highest BCUT2D eigenvalue weighted by Gasteiger charge is 1.98. The van der Waals surface area contributed by atoms with Gasteiger partial charge in [-0.25, -0.2) is 9.59 Å². The van der Waals surface area contributed by atoms with Crippen LogP contribution in [0, 0.1) is 0 Å². The van der Waals surface area contributed by atoms with Crippen LogP contribution in [0.2, 0.25) is 0 Å². The van der Waals surface area contributed by atoms with Crippen molar-refractivity contribution in [2.45, 2.75) is 0 Å². The molecule has 5 heteroatoms. The lowest BCUT2D eigenvalue weighted by molar-refractivity contribution is -0.176.